The first-order valence-electron chi connectivity index (χ1n) is 6.21. The van der Waals surface area contributed by atoms with E-state index in [1.807, 2.05) is 0 Å². The molecule has 3 N–H and O–H groups in total. The van der Waals surface area contributed by atoms with E-state index < -0.39 is 29.0 Å². The van der Waals surface area contributed by atoms with Gasteiger partial charge in [-0.15, -0.1) is 0 Å². The minimum Gasteiger partial charge on any atom is -0.326 e. The van der Waals surface area contributed by atoms with Gasteiger partial charge in [0, 0.05) is 12.6 Å². The molecule has 120 valence electrons. The van der Waals surface area contributed by atoms with Crippen LogP contribution < -0.4 is 14.8 Å². The van der Waals surface area contributed by atoms with E-state index in [0.29, 0.717) is 6.54 Å². The van der Waals surface area contributed by atoms with Crippen LogP contribution in [0.15, 0.2) is 24.3 Å². The molecule has 0 atom stereocenters. The normalized spacial score (nSPS) is 12.7. The molecule has 1 aromatic rings. The summed E-state index contributed by atoms with van der Waals surface area (Å²) < 4.78 is 63.2. The van der Waals surface area contributed by atoms with Gasteiger partial charge in [-0.3, -0.25) is 4.31 Å². The van der Waals surface area contributed by atoms with Crippen molar-refractivity contribution < 1.29 is 21.6 Å². The van der Waals surface area contributed by atoms with Gasteiger partial charge in [0.2, 0.25) is 0 Å². The standard InChI is InChI=1S/C12H18F3N3O2S/c1-9(2)18(11-5-3-10(7-16)4-6-11)21(19,20)17-8-12(13,14)15/h3-6,9,17H,7-8,16H2,1-2H3. The van der Waals surface area contributed by atoms with Gasteiger partial charge in [-0.25, -0.2) is 0 Å². The zero-order valence-electron chi connectivity index (χ0n) is 11.7. The Morgan fingerprint density at radius 3 is 2.14 bits per heavy atom. The van der Waals surface area contributed by atoms with Crippen LogP contribution in [0.25, 0.3) is 0 Å². The van der Waals surface area contributed by atoms with Crippen LogP contribution >= 0.6 is 0 Å². The minimum absolute atomic E-state index is 0.275. The maximum Gasteiger partial charge on any atom is 0.402 e. The summed E-state index contributed by atoms with van der Waals surface area (Å²) in [6.45, 7) is 1.83. The molecule has 0 amide bonds. The molecule has 0 bridgehead atoms. The molecule has 0 saturated carbocycles. The van der Waals surface area contributed by atoms with Gasteiger partial charge >= 0.3 is 16.4 Å². The first-order valence-corrected chi connectivity index (χ1v) is 7.65. The fraction of sp³-hybridized carbons (Fsp3) is 0.500. The van der Waals surface area contributed by atoms with Gasteiger partial charge in [0.05, 0.1) is 5.69 Å². The molecule has 0 aliphatic heterocycles. The summed E-state index contributed by atoms with van der Waals surface area (Å²) in [5, 5.41) is 0. The number of benzene rings is 1. The molecule has 0 unspecified atom stereocenters. The van der Waals surface area contributed by atoms with Crippen LogP contribution in [-0.2, 0) is 16.8 Å². The number of anilines is 1. The molecule has 5 nitrogen and oxygen atoms in total. The van der Waals surface area contributed by atoms with Crippen LogP contribution in [0.2, 0.25) is 0 Å². The predicted molar refractivity (Wildman–Crippen MR) is 74.9 cm³/mol. The van der Waals surface area contributed by atoms with E-state index >= 15 is 0 Å². The van der Waals surface area contributed by atoms with E-state index in [1.54, 1.807) is 30.7 Å². The molecule has 0 aliphatic rings. The SMILES string of the molecule is CC(C)N(c1ccc(CN)cc1)S(=O)(=O)NCC(F)(F)F. The van der Waals surface area contributed by atoms with Crippen LogP contribution in [0.5, 0.6) is 0 Å². The average Bonchev–Trinajstić information content (AvgIpc) is 2.36. The van der Waals surface area contributed by atoms with Crippen molar-refractivity contribution in [3.05, 3.63) is 29.8 Å². The lowest BCUT2D eigenvalue weighted by Gasteiger charge is -2.28. The number of nitrogens with zero attached hydrogens (tertiary/aromatic N) is 1. The zero-order valence-corrected chi connectivity index (χ0v) is 12.5. The monoisotopic (exact) mass is 325 g/mol. The number of nitrogens with two attached hydrogens (primary N) is 1. The van der Waals surface area contributed by atoms with Gasteiger partial charge in [-0.2, -0.15) is 26.3 Å². The third-order valence-corrected chi connectivity index (χ3v) is 4.27. The van der Waals surface area contributed by atoms with E-state index in [-0.39, 0.29) is 5.69 Å². The Hall–Kier alpha value is -1.32. The van der Waals surface area contributed by atoms with Crippen LogP contribution in [-0.4, -0.2) is 27.2 Å². The number of alkyl halides is 3. The Morgan fingerprint density at radius 2 is 1.76 bits per heavy atom. The molecule has 0 heterocycles. The Kier molecular flexibility index (Phi) is 5.60. The summed E-state index contributed by atoms with van der Waals surface area (Å²) in [6.07, 6.45) is -4.61. The summed E-state index contributed by atoms with van der Waals surface area (Å²) in [7, 11) is -4.30. The Morgan fingerprint density at radius 1 is 1.24 bits per heavy atom. The van der Waals surface area contributed by atoms with Crippen molar-refractivity contribution in [1.29, 1.82) is 0 Å². The van der Waals surface area contributed by atoms with Crippen LogP contribution in [0.3, 0.4) is 0 Å². The second-order valence-electron chi connectivity index (χ2n) is 4.70. The second-order valence-corrected chi connectivity index (χ2v) is 6.33. The largest absolute Gasteiger partial charge is 0.402 e. The third-order valence-electron chi connectivity index (χ3n) is 2.61. The summed E-state index contributed by atoms with van der Waals surface area (Å²) in [5.41, 5.74) is 6.52. The topological polar surface area (TPSA) is 75.4 Å². The second kappa shape index (κ2) is 6.63. The van der Waals surface area contributed by atoms with Crippen molar-refractivity contribution in [3.8, 4) is 0 Å². The van der Waals surface area contributed by atoms with Gasteiger partial charge < -0.3 is 5.73 Å². The van der Waals surface area contributed by atoms with E-state index in [4.69, 9.17) is 5.73 Å². The van der Waals surface area contributed by atoms with Crippen molar-refractivity contribution in [2.45, 2.75) is 32.6 Å². The van der Waals surface area contributed by atoms with Gasteiger partial charge in [0.1, 0.15) is 6.54 Å². The highest BCUT2D eigenvalue weighted by Crippen LogP contribution is 2.22. The highest BCUT2D eigenvalue weighted by molar-refractivity contribution is 7.90. The molecule has 0 aliphatic carbocycles. The maximum absolute atomic E-state index is 12.2. The van der Waals surface area contributed by atoms with Crippen molar-refractivity contribution in [2.24, 2.45) is 5.73 Å². The fourth-order valence-corrected chi connectivity index (χ4v) is 3.18. The summed E-state index contributed by atoms with van der Waals surface area (Å²) in [5.74, 6) is 0. The highest BCUT2D eigenvalue weighted by Gasteiger charge is 2.33. The molecular weight excluding hydrogens is 307 g/mol. The average molecular weight is 325 g/mol. The van der Waals surface area contributed by atoms with Crippen LogP contribution in [0, 0.1) is 0 Å². The Labute approximate surface area is 122 Å². The van der Waals surface area contributed by atoms with Gasteiger partial charge in [0.15, 0.2) is 0 Å². The van der Waals surface area contributed by atoms with Crippen molar-refractivity contribution >= 4 is 15.9 Å². The number of hydrogen-bond acceptors (Lipinski definition) is 3. The number of halogens is 3. The smallest absolute Gasteiger partial charge is 0.326 e. The molecule has 0 radical (unpaired) electrons. The number of nitrogens with one attached hydrogen (secondary N) is 1. The van der Waals surface area contributed by atoms with Gasteiger partial charge in [0.25, 0.3) is 0 Å². The summed E-state index contributed by atoms with van der Waals surface area (Å²) in [4.78, 5) is 0. The fourth-order valence-electron chi connectivity index (χ4n) is 1.74. The molecular formula is C12H18F3N3O2S. The molecule has 0 spiro atoms. The van der Waals surface area contributed by atoms with Crippen molar-refractivity contribution in [2.75, 3.05) is 10.8 Å². The summed E-state index contributed by atoms with van der Waals surface area (Å²) in [6, 6.07) is 5.73. The quantitative estimate of drug-likeness (QED) is 0.837. The predicted octanol–water partition coefficient (Wildman–Crippen LogP) is 1.76. The van der Waals surface area contributed by atoms with Gasteiger partial charge in [-0.1, -0.05) is 12.1 Å². The lowest BCUT2D eigenvalue weighted by molar-refractivity contribution is -0.121. The molecule has 1 aromatic carbocycles. The van der Waals surface area contributed by atoms with E-state index in [1.165, 1.54) is 12.1 Å². The molecule has 0 saturated heterocycles. The Balaban J connectivity index is 3.04. The van der Waals surface area contributed by atoms with E-state index in [9.17, 15) is 21.6 Å². The number of hydrogen-bond donors (Lipinski definition) is 2. The van der Waals surface area contributed by atoms with Gasteiger partial charge in [-0.05, 0) is 31.5 Å². The van der Waals surface area contributed by atoms with Crippen molar-refractivity contribution in [3.63, 3.8) is 0 Å². The maximum atomic E-state index is 12.2. The molecule has 1 rings (SSSR count). The molecule has 9 heteroatoms. The first-order chi connectivity index (χ1) is 9.57. The number of rotatable bonds is 6. The van der Waals surface area contributed by atoms with Crippen LogP contribution in [0.1, 0.15) is 19.4 Å². The zero-order chi connectivity index (χ0) is 16.3. The highest BCUT2D eigenvalue weighted by atomic mass is 32.2. The lowest BCUT2D eigenvalue weighted by Crippen LogP contribution is -2.47. The van der Waals surface area contributed by atoms with Crippen molar-refractivity contribution in [1.82, 2.24) is 4.72 Å². The summed E-state index contributed by atoms with van der Waals surface area (Å²) >= 11 is 0. The third kappa shape index (κ3) is 5.18. The van der Waals surface area contributed by atoms with E-state index in [0.717, 1.165) is 9.87 Å². The minimum atomic E-state index is -4.61. The van der Waals surface area contributed by atoms with E-state index in [2.05, 4.69) is 0 Å². The first kappa shape index (κ1) is 17.7. The molecule has 0 aromatic heterocycles. The molecule has 0 fully saturated rings. The lowest BCUT2D eigenvalue weighted by atomic mass is 10.2. The molecule has 21 heavy (non-hydrogen) atoms. The Bertz CT molecular complexity index is 556. The van der Waals surface area contributed by atoms with Crippen LogP contribution in [0.4, 0.5) is 18.9 Å².